The van der Waals surface area contributed by atoms with Crippen molar-refractivity contribution in [2.45, 2.75) is 37.3 Å². The van der Waals surface area contributed by atoms with Crippen LogP contribution < -0.4 is 16.0 Å². The Labute approximate surface area is 121 Å². The van der Waals surface area contributed by atoms with Crippen molar-refractivity contribution in [3.8, 4) is 0 Å². The third kappa shape index (κ3) is 3.84. The number of hydrogen-bond donors (Lipinski definition) is 3. The lowest BCUT2D eigenvalue weighted by Gasteiger charge is -2.36. The Hall–Kier alpha value is -0.850. The van der Waals surface area contributed by atoms with E-state index >= 15 is 0 Å². The Morgan fingerprint density at radius 2 is 2.10 bits per heavy atom. The van der Waals surface area contributed by atoms with E-state index in [1.807, 2.05) is 11.9 Å². The second-order valence-corrected chi connectivity index (χ2v) is 5.97. The number of nitrogens with one attached hydrogen (secondary N) is 3. The van der Waals surface area contributed by atoms with Crippen LogP contribution in [0.15, 0.2) is 0 Å². The first-order chi connectivity index (χ1) is 9.67. The lowest BCUT2D eigenvalue weighted by atomic mass is 9.94. The molecule has 0 radical (unpaired) electrons. The van der Waals surface area contributed by atoms with E-state index in [4.69, 9.17) is 4.74 Å². The average Bonchev–Trinajstić information content (AvgIpc) is 2.94. The normalized spacial score (nSPS) is 27.5. The monoisotopic (exact) mass is 284 g/mol. The summed E-state index contributed by atoms with van der Waals surface area (Å²) in [6.07, 6.45) is 3.91. The SMILES string of the molecule is COCCC1(NC(=O)N(C)C2CCNCC2)CCNC1. The standard InChI is InChI=1S/C14H28N4O2/c1-18(12-3-7-15-8-4-12)13(19)17-14(6-10-20-2)5-9-16-11-14/h12,15-16H,3-11H2,1-2H3,(H,17,19). The van der Waals surface area contributed by atoms with E-state index in [1.165, 1.54) is 0 Å². The fraction of sp³-hybridized carbons (Fsp3) is 0.929. The van der Waals surface area contributed by atoms with Gasteiger partial charge in [0.1, 0.15) is 0 Å². The van der Waals surface area contributed by atoms with Crippen molar-refractivity contribution in [1.82, 2.24) is 20.9 Å². The van der Waals surface area contributed by atoms with Crippen LogP contribution in [-0.2, 0) is 4.74 Å². The summed E-state index contributed by atoms with van der Waals surface area (Å²) in [5, 5.41) is 9.93. The number of piperidine rings is 1. The summed E-state index contributed by atoms with van der Waals surface area (Å²) in [5.74, 6) is 0. The van der Waals surface area contributed by atoms with E-state index in [1.54, 1.807) is 7.11 Å². The minimum atomic E-state index is -0.145. The summed E-state index contributed by atoms with van der Waals surface area (Å²) in [7, 11) is 3.62. The van der Waals surface area contributed by atoms with Crippen molar-refractivity contribution in [3.05, 3.63) is 0 Å². The van der Waals surface area contributed by atoms with Crippen molar-refractivity contribution in [1.29, 1.82) is 0 Å². The summed E-state index contributed by atoms with van der Waals surface area (Å²) >= 11 is 0. The van der Waals surface area contributed by atoms with E-state index in [0.29, 0.717) is 12.6 Å². The molecule has 6 heteroatoms. The molecule has 20 heavy (non-hydrogen) atoms. The van der Waals surface area contributed by atoms with Crippen LogP contribution in [0.3, 0.4) is 0 Å². The van der Waals surface area contributed by atoms with Gasteiger partial charge in [-0.05, 0) is 45.3 Å². The second kappa shape index (κ2) is 7.24. The molecule has 2 saturated heterocycles. The summed E-state index contributed by atoms with van der Waals surface area (Å²) in [4.78, 5) is 14.4. The zero-order valence-electron chi connectivity index (χ0n) is 12.7. The highest BCUT2D eigenvalue weighted by Gasteiger charge is 2.36. The smallest absolute Gasteiger partial charge is 0.317 e. The first-order valence-electron chi connectivity index (χ1n) is 7.62. The maximum atomic E-state index is 12.5. The molecule has 0 spiro atoms. The van der Waals surface area contributed by atoms with Crippen LogP contribution in [-0.4, -0.2) is 69.5 Å². The highest BCUT2D eigenvalue weighted by molar-refractivity contribution is 5.75. The molecular weight excluding hydrogens is 256 g/mol. The van der Waals surface area contributed by atoms with E-state index in [9.17, 15) is 4.79 Å². The van der Waals surface area contributed by atoms with Crippen LogP contribution in [0.1, 0.15) is 25.7 Å². The van der Waals surface area contributed by atoms with Crippen molar-refractivity contribution < 1.29 is 9.53 Å². The molecular formula is C14H28N4O2. The van der Waals surface area contributed by atoms with Gasteiger partial charge in [-0.1, -0.05) is 0 Å². The zero-order chi connectivity index (χ0) is 14.4. The first-order valence-corrected chi connectivity index (χ1v) is 7.62. The van der Waals surface area contributed by atoms with Crippen LogP contribution in [0.5, 0.6) is 0 Å². The largest absolute Gasteiger partial charge is 0.385 e. The number of amides is 2. The molecule has 1 atom stereocenters. The van der Waals surface area contributed by atoms with Gasteiger partial charge in [0.15, 0.2) is 0 Å². The molecule has 0 bridgehead atoms. The van der Waals surface area contributed by atoms with Gasteiger partial charge in [0.2, 0.25) is 0 Å². The van der Waals surface area contributed by atoms with Crippen LogP contribution in [0.4, 0.5) is 4.79 Å². The summed E-state index contributed by atoms with van der Waals surface area (Å²) in [5.41, 5.74) is -0.145. The maximum Gasteiger partial charge on any atom is 0.317 e. The molecule has 2 heterocycles. The molecule has 116 valence electrons. The van der Waals surface area contributed by atoms with Gasteiger partial charge in [0.05, 0.1) is 5.54 Å². The molecule has 2 amide bonds. The molecule has 0 aliphatic carbocycles. The van der Waals surface area contributed by atoms with Gasteiger partial charge in [-0.15, -0.1) is 0 Å². The minimum absolute atomic E-state index is 0.0525. The molecule has 3 N–H and O–H groups in total. The molecule has 0 aromatic carbocycles. The number of carbonyl (C=O) groups excluding carboxylic acids is 1. The van der Waals surface area contributed by atoms with E-state index < -0.39 is 0 Å². The first kappa shape index (κ1) is 15.5. The molecule has 6 nitrogen and oxygen atoms in total. The summed E-state index contributed by atoms with van der Waals surface area (Å²) in [6, 6.07) is 0.404. The molecule has 0 aromatic heterocycles. The van der Waals surface area contributed by atoms with Gasteiger partial charge in [0, 0.05) is 33.4 Å². The van der Waals surface area contributed by atoms with Gasteiger partial charge in [-0.25, -0.2) is 4.79 Å². The van der Waals surface area contributed by atoms with Crippen LogP contribution in [0.25, 0.3) is 0 Å². The number of ether oxygens (including phenoxy) is 1. The van der Waals surface area contributed by atoms with Gasteiger partial charge in [-0.2, -0.15) is 0 Å². The molecule has 1 unspecified atom stereocenters. The van der Waals surface area contributed by atoms with Crippen molar-refractivity contribution in [2.75, 3.05) is 46.9 Å². The van der Waals surface area contributed by atoms with Crippen molar-refractivity contribution >= 4 is 6.03 Å². The van der Waals surface area contributed by atoms with Gasteiger partial charge in [-0.3, -0.25) is 0 Å². The maximum absolute atomic E-state index is 12.5. The van der Waals surface area contributed by atoms with Gasteiger partial charge in [0.25, 0.3) is 0 Å². The van der Waals surface area contributed by atoms with Gasteiger partial charge < -0.3 is 25.6 Å². The summed E-state index contributed by atoms with van der Waals surface area (Å²) in [6.45, 7) is 4.47. The minimum Gasteiger partial charge on any atom is -0.385 e. The molecule has 2 aliphatic heterocycles. The molecule has 0 saturated carbocycles. The summed E-state index contributed by atoms with van der Waals surface area (Å²) < 4.78 is 5.19. The number of methoxy groups -OCH3 is 1. The van der Waals surface area contributed by atoms with Crippen LogP contribution >= 0.6 is 0 Å². The fourth-order valence-corrected chi connectivity index (χ4v) is 3.10. The Balaban J connectivity index is 1.90. The second-order valence-electron chi connectivity index (χ2n) is 5.97. The quantitative estimate of drug-likeness (QED) is 0.672. The topological polar surface area (TPSA) is 65.6 Å². The third-order valence-electron chi connectivity index (χ3n) is 4.58. The highest BCUT2D eigenvalue weighted by atomic mass is 16.5. The van der Waals surface area contributed by atoms with Crippen LogP contribution in [0.2, 0.25) is 0 Å². The predicted octanol–water partition coefficient (Wildman–Crippen LogP) is 0.148. The number of urea groups is 1. The predicted molar refractivity (Wildman–Crippen MR) is 78.9 cm³/mol. The Bertz CT molecular complexity index is 312. The lowest BCUT2D eigenvalue weighted by molar-refractivity contribution is 0.142. The number of rotatable bonds is 5. The van der Waals surface area contributed by atoms with E-state index in [2.05, 4.69) is 16.0 Å². The van der Waals surface area contributed by atoms with Crippen molar-refractivity contribution in [2.24, 2.45) is 0 Å². The Morgan fingerprint density at radius 3 is 2.70 bits per heavy atom. The number of carbonyl (C=O) groups is 1. The van der Waals surface area contributed by atoms with E-state index in [-0.39, 0.29) is 11.6 Å². The fourth-order valence-electron chi connectivity index (χ4n) is 3.10. The van der Waals surface area contributed by atoms with Gasteiger partial charge >= 0.3 is 6.03 Å². The third-order valence-corrected chi connectivity index (χ3v) is 4.58. The molecule has 2 rings (SSSR count). The van der Waals surface area contributed by atoms with Crippen LogP contribution in [0, 0.1) is 0 Å². The lowest BCUT2D eigenvalue weighted by Crippen LogP contribution is -2.57. The molecule has 0 aromatic rings. The number of nitrogens with zero attached hydrogens (tertiary/aromatic N) is 1. The highest BCUT2D eigenvalue weighted by Crippen LogP contribution is 2.20. The number of hydrogen-bond acceptors (Lipinski definition) is 4. The molecule has 2 fully saturated rings. The zero-order valence-corrected chi connectivity index (χ0v) is 12.7. The Kier molecular flexibility index (Phi) is 5.63. The molecule has 2 aliphatic rings. The van der Waals surface area contributed by atoms with Crippen molar-refractivity contribution in [3.63, 3.8) is 0 Å². The average molecular weight is 284 g/mol. The van der Waals surface area contributed by atoms with E-state index in [0.717, 1.165) is 51.9 Å². The Morgan fingerprint density at radius 1 is 1.35 bits per heavy atom.